The molecule has 11 nitrogen and oxygen atoms in total. The molecule has 0 saturated carbocycles. The molecule has 6 heterocycles. The molecule has 0 radical (unpaired) electrons. The number of nitrogens with zero attached hydrogens (tertiary/aromatic N) is 8. The van der Waals surface area contributed by atoms with Crippen LogP contribution >= 0.6 is 11.3 Å². The maximum Gasteiger partial charge on any atom is 0.417 e. The van der Waals surface area contributed by atoms with Gasteiger partial charge in [-0.2, -0.15) is 33.5 Å². The van der Waals surface area contributed by atoms with E-state index in [0.717, 1.165) is 24.6 Å². The summed E-state index contributed by atoms with van der Waals surface area (Å²) in [5, 5.41) is 13.4. The zero-order valence-corrected chi connectivity index (χ0v) is 30.6. The molecule has 5 aromatic rings. The van der Waals surface area contributed by atoms with Crippen molar-refractivity contribution in [3.63, 3.8) is 0 Å². The molecule has 288 valence electrons. The number of alkyl halides is 4. The molecule has 0 aliphatic carbocycles. The number of ether oxygens (including phenoxy) is 1. The lowest BCUT2D eigenvalue weighted by atomic mass is 9.92. The number of rotatable bonds is 8. The van der Waals surface area contributed by atoms with Gasteiger partial charge in [-0.15, -0.1) is 11.3 Å². The summed E-state index contributed by atoms with van der Waals surface area (Å²) < 4.78 is 99.9. The molecule has 3 unspecified atom stereocenters. The van der Waals surface area contributed by atoms with Crippen molar-refractivity contribution in [1.82, 2.24) is 29.5 Å². The van der Waals surface area contributed by atoms with E-state index in [2.05, 4.69) is 15.1 Å². The van der Waals surface area contributed by atoms with Gasteiger partial charge in [0, 0.05) is 68.2 Å². The van der Waals surface area contributed by atoms with Crippen LogP contribution in [0.25, 0.3) is 32.1 Å². The lowest BCUT2D eigenvalue weighted by Gasteiger charge is -2.32. The first-order valence-corrected chi connectivity index (χ1v) is 18.6. The molecule has 0 bridgehead atoms. The second-order valence-electron chi connectivity index (χ2n) is 14.3. The maximum atomic E-state index is 17.3. The highest BCUT2D eigenvalue weighted by atomic mass is 32.1. The Morgan fingerprint density at radius 3 is 2.71 bits per heavy atom. The van der Waals surface area contributed by atoms with Crippen LogP contribution in [0.2, 0.25) is 0 Å². The van der Waals surface area contributed by atoms with Crippen LogP contribution in [-0.2, 0) is 13.2 Å². The molecule has 1 amide bonds. The Morgan fingerprint density at radius 1 is 1.20 bits per heavy atom. The molecule has 2 aromatic carbocycles. The predicted octanol–water partition coefficient (Wildman–Crippen LogP) is 6.69. The van der Waals surface area contributed by atoms with Crippen LogP contribution in [0.1, 0.15) is 54.2 Å². The SMILES string of the molecule is CCN(c1nc(OCC23CCCN2CC(F)C3)nc2c(F)c(-c3ccc(F)c4sc(N)c(C#N)c34)c(C(F)(F)F)cc12)C1CCN(C(=O)c2ccn(C)n2)C1. The molecule has 3 saturated heterocycles. The number of halogens is 6. The Hall–Kier alpha value is -5.15. The van der Waals surface area contributed by atoms with E-state index in [4.69, 9.17) is 10.5 Å². The van der Waals surface area contributed by atoms with Crippen molar-refractivity contribution in [2.45, 2.75) is 56.5 Å². The lowest BCUT2D eigenvalue weighted by molar-refractivity contribution is -0.137. The normalized spacial score (nSPS) is 21.5. The average Bonchev–Trinajstić information content (AvgIpc) is 3.97. The van der Waals surface area contributed by atoms with Crippen molar-refractivity contribution >= 4 is 49.1 Å². The number of nitrogen functional groups attached to an aromatic ring is 1. The summed E-state index contributed by atoms with van der Waals surface area (Å²) in [7, 11) is 1.69. The van der Waals surface area contributed by atoms with Gasteiger partial charge in [-0.25, -0.2) is 13.2 Å². The third kappa shape index (κ3) is 6.17. The zero-order valence-electron chi connectivity index (χ0n) is 29.8. The zero-order chi connectivity index (χ0) is 39.0. The minimum atomic E-state index is -5.14. The second-order valence-corrected chi connectivity index (χ2v) is 15.4. The van der Waals surface area contributed by atoms with Crippen LogP contribution in [0.4, 0.5) is 37.2 Å². The number of thiophene rings is 1. The van der Waals surface area contributed by atoms with Gasteiger partial charge in [0.05, 0.1) is 21.4 Å². The number of nitriles is 1. The topological polar surface area (TPSA) is 129 Å². The Labute approximate surface area is 314 Å². The van der Waals surface area contributed by atoms with E-state index < -0.39 is 52.2 Å². The molecule has 55 heavy (non-hydrogen) atoms. The lowest BCUT2D eigenvalue weighted by Crippen LogP contribution is -2.43. The number of hydrogen-bond acceptors (Lipinski definition) is 10. The second kappa shape index (κ2) is 13.6. The van der Waals surface area contributed by atoms with Gasteiger partial charge in [0.2, 0.25) is 0 Å². The molecular formula is C37H35F6N9O2S. The minimum absolute atomic E-state index is 0.0340. The number of benzene rings is 2. The van der Waals surface area contributed by atoms with E-state index >= 15 is 22.0 Å². The highest BCUT2D eigenvalue weighted by Gasteiger charge is 2.49. The third-order valence-corrected chi connectivity index (χ3v) is 12.1. The molecule has 8 rings (SSSR count). The number of likely N-dealkylation sites (N-methyl/N-ethyl adjacent to an activating group) is 1. The first-order valence-electron chi connectivity index (χ1n) is 17.8. The van der Waals surface area contributed by atoms with E-state index in [9.17, 15) is 14.4 Å². The first-order chi connectivity index (χ1) is 26.2. The molecule has 18 heteroatoms. The van der Waals surface area contributed by atoms with Gasteiger partial charge in [0.1, 0.15) is 46.7 Å². The summed E-state index contributed by atoms with van der Waals surface area (Å²) in [6.07, 6.45) is -2.46. The predicted molar refractivity (Wildman–Crippen MR) is 193 cm³/mol. The number of carbonyl (C=O) groups excluding carboxylic acids is 1. The van der Waals surface area contributed by atoms with Gasteiger partial charge in [-0.1, -0.05) is 6.07 Å². The van der Waals surface area contributed by atoms with Crippen molar-refractivity contribution in [2.75, 3.05) is 50.0 Å². The Bertz CT molecular complexity index is 2390. The van der Waals surface area contributed by atoms with Crippen LogP contribution in [0, 0.1) is 23.0 Å². The van der Waals surface area contributed by atoms with Crippen LogP contribution in [0.5, 0.6) is 6.01 Å². The fourth-order valence-electron chi connectivity index (χ4n) is 8.57. The van der Waals surface area contributed by atoms with Crippen LogP contribution in [-0.4, -0.2) is 92.5 Å². The molecule has 3 atom stereocenters. The average molecular weight is 784 g/mol. The molecule has 3 aliphatic rings. The molecule has 3 aliphatic heterocycles. The van der Waals surface area contributed by atoms with Gasteiger partial charge < -0.3 is 20.3 Å². The summed E-state index contributed by atoms with van der Waals surface area (Å²) in [4.78, 5) is 27.6. The standard InChI is InChI=1S/C37H35F6N9O2S/c1-3-52(20-7-12-50(17-20)34(53)26-8-11-49(2)48-26)33-22-13-24(37(41,42)43)28(21-5-6-25(39)31-27(21)23(15-44)32(45)55-31)29(40)30(22)46-35(47-33)54-18-36-9-4-10-51(36)16-19(38)14-36/h5-6,8,11,13,19-20H,3-4,7,9-10,12,14,16-18,45H2,1-2H3. The van der Waals surface area contributed by atoms with Crippen LogP contribution < -0.4 is 15.4 Å². The van der Waals surface area contributed by atoms with Gasteiger partial charge >= 0.3 is 12.2 Å². The Balaban J connectivity index is 1.30. The Morgan fingerprint density at radius 2 is 2.00 bits per heavy atom. The monoisotopic (exact) mass is 783 g/mol. The van der Waals surface area contributed by atoms with E-state index in [1.165, 1.54) is 4.68 Å². The highest BCUT2D eigenvalue weighted by Crippen LogP contribution is 2.48. The molecular weight excluding hydrogens is 749 g/mol. The number of amides is 1. The smallest absolute Gasteiger partial charge is 0.417 e. The number of anilines is 2. The van der Waals surface area contributed by atoms with E-state index in [1.54, 1.807) is 36.0 Å². The number of carbonyl (C=O) groups is 1. The van der Waals surface area contributed by atoms with Crippen molar-refractivity contribution in [3.05, 3.63) is 58.9 Å². The summed E-state index contributed by atoms with van der Waals surface area (Å²) in [5.41, 5.74) is 2.08. The first kappa shape index (κ1) is 36.8. The van der Waals surface area contributed by atoms with E-state index in [1.807, 2.05) is 11.0 Å². The number of hydrogen-bond donors (Lipinski definition) is 1. The number of fused-ring (bicyclic) bond motifs is 3. The fourth-order valence-corrected chi connectivity index (χ4v) is 9.52. The largest absolute Gasteiger partial charge is 0.461 e. The van der Waals surface area contributed by atoms with Crippen molar-refractivity contribution in [2.24, 2.45) is 7.05 Å². The maximum absolute atomic E-state index is 17.3. The van der Waals surface area contributed by atoms with Gasteiger partial charge in [-0.05, 0) is 56.5 Å². The number of likely N-dealkylation sites (tertiary alicyclic amines) is 1. The number of aromatic nitrogens is 4. The molecule has 3 aromatic heterocycles. The summed E-state index contributed by atoms with van der Waals surface area (Å²) in [6.45, 7) is 3.35. The Kier molecular flexibility index (Phi) is 9.07. The summed E-state index contributed by atoms with van der Waals surface area (Å²) >= 11 is 0.676. The van der Waals surface area contributed by atoms with Crippen molar-refractivity contribution in [1.29, 1.82) is 5.26 Å². The third-order valence-electron chi connectivity index (χ3n) is 11.1. The van der Waals surface area contributed by atoms with E-state index in [-0.39, 0.29) is 87.7 Å². The highest BCUT2D eigenvalue weighted by molar-refractivity contribution is 7.23. The van der Waals surface area contributed by atoms with E-state index in [0.29, 0.717) is 37.3 Å². The number of nitrogens with two attached hydrogens (primary N) is 1. The number of aryl methyl sites for hydroxylation is 1. The van der Waals surface area contributed by atoms with Crippen LogP contribution in [0.15, 0.2) is 30.5 Å². The van der Waals surface area contributed by atoms with Gasteiger partial charge in [-0.3, -0.25) is 14.4 Å². The van der Waals surface area contributed by atoms with Gasteiger partial charge in [0.15, 0.2) is 5.82 Å². The van der Waals surface area contributed by atoms with Crippen LogP contribution in [0.3, 0.4) is 0 Å². The molecule has 3 fully saturated rings. The van der Waals surface area contributed by atoms with Crippen molar-refractivity contribution < 1.29 is 35.9 Å². The van der Waals surface area contributed by atoms with Gasteiger partial charge in [0.25, 0.3) is 5.91 Å². The molecule has 2 N–H and O–H groups in total. The summed E-state index contributed by atoms with van der Waals surface area (Å²) in [6, 6.07) is 5.31. The summed E-state index contributed by atoms with van der Waals surface area (Å²) in [5.74, 6) is -2.58. The minimum Gasteiger partial charge on any atom is -0.461 e. The molecule has 0 spiro atoms. The quantitative estimate of drug-likeness (QED) is 0.171. The van der Waals surface area contributed by atoms with Crippen molar-refractivity contribution in [3.8, 4) is 23.2 Å². The fraction of sp³-hybridized carbons (Fsp3) is 0.432.